The fourth-order valence-corrected chi connectivity index (χ4v) is 4.04. The lowest BCUT2D eigenvalue weighted by Crippen LogP contribution is -2.13. The molecule has 0 fully saturated rings. The quantitative estimate of drug-likeness (QED) is 0.252. The first-order valence-electron chi connectivity index (χ1n) is 10.5. The van der Waals surface area contributed by atoms with Crippen molar-refractivity contribution in [2.75, 3.05) is 11.9 Å². The molecule has 3 aromatic carbocycles. The second-order valence-electron chi connectivity index (χ2n) is 7.13. The number of aromatic nitrogens is 1. The highest BCUT2D eigenvalue weighted by Gasteiger charge is 2.14. The van der Waals surface area contributed by atoms with E-state index in [1.54, 1.807) is 36.4 Å². The molecule has 0 unspecified atom stereocenters. The van der Waals surface area contributed by atoms with Crippen molar-refractivity contribution in [1.29, 1.82) is 5.26 Å². The molecule has 1 N–H and O–H groups in total. The van der Waals surface area contributed by atoms with Crippen molar-refractivity contribution in [2.45, 2.75) is 13.5 Å². The van der Waals surface area contributed by atoms with Gasteiger partial charge in [0.25, 0.3) is 5.91 Å². The first kappa shape index (κ1) is 23.0. The van der Waals surface area contributed by atoms with Crippen LogP contribution in [0, 0.1) is 17.1 Å². The number of hydrogen-bond donors (Lipinski definition) is 1. The topological polar surface area (TPSA) is 84.2 Å². The van der Waals surface area contributed by atoms with Crippen molar-refractivity contribution >= 4 is 38.7 Å². The van der Waals surface area contributed by atoms with Gasteiger partial charge in [-0.15, -0.1) is 0 Å². The number of carbonyl (C=O) groups excluding carboxylic acids is 1. The number of halogens is 1. The van der Waals surface area contributed by atoms with Gasteiger partial charge in [-0.25, -0.2) is 9.37 Å². The lowest BCUT2D eigenvalue weighted by molar-refractivity contribution is -0.112. The fraction of sp³-hybridized carbons (Fsp3) is 0.115. The maximum atomic E-state index is 13.9. The largest absolute Gasteiger partial charge is 0.490 e. The summed E-state index contributed by atoms with van der Waals surface area (Å²) in [5, 5.41) is 12.7. The third-order valence-corrected chi connectivity index (χ3v) is 5.75. The zero-order chi connectivity index (χ0) is 23.9. The predicted octanol–water partition coefficient (Wildman–Crippen LogP) is 5.96. The summed E-state index contributed by atoms with van der Waals surface area (Å²) < 4.78 is 26.2. The molecule has 0 aliphatic heterocycles. The smallest absolute Gasteiger partial charge is 0.268 e. The summed E-state index contributed by atoms with van der Waals surface area (Å²) in [7, 11) is 0. The SMILES string of the molecule is CCOc1cc(/C=C(\C#N)C(=O)Nc2nc3ccccc3s2)ccc1OCc1ccccc1F. The molecule has 4 rings (SSSR count). The first-order valence-corrected chi connectivity index (χ1v) is 11.3. The molecule has 0 bridgehead atoms. The van der Waals surface area contributed by atoms with Crippen LogP contribution in [0.2, 0.25) is 0 Å². The summed E-state index contributed by atoms with van der Waals surface area (Å²) in [6.07, 6.45) is 1.46. The van der Waals surface area contributed by atoms with Crippen LogP contribution in [-0.4, -0.2) is 17.5 Å². The molecule has 0 saturated carbocycles. The van der Waals surface area contributed by atoms with E-state index in [1.165, 1.54) is 23.5 Å². The molecule has 1 heterocycles. The number of hydrogen-bond acceptors (Lipinski definition) is 6. The normalized spacial score (nSPS) is 11.1. The van der Waals surface area contributed by atoms with Crippen molar-refractivity contribution in [3.8, 4) is 17.6 Å². The van der Waals surface area contributed by atoms with Crippen LogP contribution in [-0.2, 0) is 11.4 Å². The van der Waals surface area contributed by atoms with Crippen LogP contribution in [0.1, 0.15) is 18.1 Å². The van der Waals surface area contributed by atoms with Crippen LogP contribution in [0.3, 0.4) is 0 Å². The van der Waals surface area contributed by atoms with Gasteiger partial charge in [0.15, 0.2) is 16.6 Å². The van der Waals surface area contributed by atoms with Crippen molar-refractivity contribution in [3.63, 3.8) is 0 Å². The number of nitriles is 1. The number of ether oxygens (including phenoxy) is 2. The number of amides is 1. The van der Waals surface area contributed by atoms with Gasteiger partial charge in [0, 0.05) is 5.56 Å². The first-order chi connectivity index (χ1) is 16.6. The Morgan fingerprint density at radius 2 is 1.91 bits per heavy atom. The van der Waals surface area contributed by atoms with E-state index in [9.17, 15) is 14.4 Å². The highest BCUT2D eigenvalue weighted by atomic mass is 32.1. The van der Waals surface area contributed by atoms with Gasteiger partial charge in [0.05, 0.1) is 16.8 Å². The van der Waals surface area contributed by atoms with Crippen LogP contribution < -0.4 is 14.8 Å². The van der Waals surface area contributed by atoms with E-state index in [-0.39, 0.29) is 18.0 Å². The van der Waals surface area contributed by atoms with Gasteiger partial charge in [-0.3, -0.25) is 10.1 Å². The minimum Gasteiger partial charge on any atom is -0.490 e. The number of nitrogens with zero attached hydrogens (tertiary/aromatic N) is 2. The molecular formula is C26H20FN3O3S. The summed E-state index contributed by atoms with van der Waals surface area (Å²) in [5.41, 5.74) is 1.70. The molecule has 1 amide bonds. The lowest BCUT2D eigenvalue weighted by atomic mass is 10.1. The third kappa shape index (κ3) is 5.39. The van der Waals surface area contributed by atoms with Crippen LogP contribution >= 0.6 is 11.3 Å². The number of carbonyl (C=O) groups is 1. The molecule has 0 aliphatic rings. The molecule has 1 aromatic heterocycles. The lowest BCUT2D eigenvalue weighted by Gasteiger charge is -2.13. The Kier molecular flexibility index (Phi) is 7.16. The molecule has 0 saturated heterocycles. The summed E-state index contributed by atoms with van der Waals surface area (Å²) in [6.45, 7) is 2.25. The average Bonchev–Trinajstić information content (AvgIpc) is 3.25. The number of fused-ring (bicyclic) bond motifs is 1. The Labute approximate surface area is 199 Å². The Hall–Kier alpha value is -4.22. The molecule has 170 valence electrons. The molecule has 4 aromatic rings. The van der Waals surface area contributed by atoms with Crippen molar-refractivity contribution < 1.29 is 18.7 Å². The van der Waals surface area contributed by atoms with Crippen LogP contribution in [0.15, 0.2) is 72.3 Å². The van der Waals surface area contributed by atoms with Gasteiger partial charge in [-0.2, -0.15) is 5.26 Å². The van der Waals surface area contributed by atoms with E-state index in [1.807, 2.05) is 37.3 Å². The fourth-order valence-electron chi connectivity index (χ4n) is 3.18. The second kappa shape index (κ2) is 10.6. The molecule has 0 atom stereocenters. The minimum atomic E-state index is -0.556. The Bertz CT molecular complexity index is 1370. The number of anilines is 1. The highest BCUT2D eigenvalue weighted by Crippen LogP contribution is 2.31. The highest BCUT2D eigenvalue weighted by molar-refractivity contribution is 7.22. The van der Waals surface area contributed by atoms with Crippen LogP contribution in [0.4, 0.5) is 9.52 Å². The Morgan fingerprint density at radius 1 is 1.12 bits per heavy atom. The van der Waals surface area contributed by atoms with Crippen molar-refractivity contribution in [1.82, 2.24) is 4.98 Å². The van der Waals surface area contributed by atoms with E-state index in [0.29, 0.717) is 34.4 Å². The molecule has 8 heteroatoms. The molecule has 0 spiro atoms. The zero-order valence-corrected chi connectivity index (χ0v) is 19.1. The number of rotatable bonds is 8. The number of thiazole rings is 1. The summed E-state index contributed by atoms with van der Waals surface area (Å²) in [4.78, 5) is 17.0. The van der Waals surface area contributed by atoms with Crippen LogP contribution in [0.25, 0.3) is 16.3 Å². The maximum Gasteiger partial charge on any atom is 0.268 e. The summed E-state index contributed by atoms with van der Waals surface area (Å²) >= 11 is 1.33. The molecular weight excluding hydrogens is 453 g/mol. The molecule has 0 aliphatic carbocycles. The van der Waals surface area contributed by atoms with E-state index >= 15 is 0 Å². The standard InChI is InChI=1S/C26H20FN3O3S/c1-2-32-23-14-17(11-12-22(23)33-16-18-7-3-4-8-20(18)27)13-19(15-28)25(31)30-26-29-21-9-5-6-10-24(21)34-26/h3-14H,2,16H2,1H3,(H,29,30,31)/b19-13+. The number of benzene rings is 3. The average molecular weight is 474 g/mol. The molecule has 6 nitrogen and oxygen atoms in total. The minimum absolute atomic E-state index is 0.0377. The van der Waals surface area contributed by atoms with Crippen molar-refractivity contribution in [2.24, 2.45) is 0 Å². The van der Waals surface area contributed by atoms with Crippen LogP contribution in [0.5, 0.6) is 11.5 Å². The van der Waals surface area contributed by atoms with E-state index in [4.69, 9.17) is 9.47 Å². The monoisotopic (exact) mass is 473 g/mol. The predicted molar refractivity (Wildman–Crippen MR) is 130 cm³/mol. The van der Waals surface area contributed by atoms with Gasteiger partial charge >= 0.3 is 0 Å². The Balaban J connectivity index is 1.52. The number of para-hydroxylation sites is 1. The number of nitrogens with one attached hydrogen (secondary N) is 1. The summed E-state index contributed by atoms with van der Waals surface area (Å²) in [5.74, 6) is -0.0478. The van der Waals surface area contributed by atoms with E-state index < -0.39 is 5.91 Å². The second-order valence-corrected chi connectivity index (χ2v) is 8.16. The van der Waals surface area contributed by atoms with Gasteiger partial charge in [-0.05, 0) is 48.9 Å². The molecule has 34 heavy (non-hydrogen) atoms. The summed E-state index contributed by atoms with van der Waals surface area (Å²) in [6, 6.07) is 20.9. The van der Waals surface area contributed by atoms with E-state index in [0.717, 1.165) is 10.2 Å². The maximum absolute atomic E-state index is 13.9. The van der Waals surface area contributed by atoms with Crippen molar-refractivity contribution in [3.05, 3.63) is 89.2 Å². The van der Waals surface area contributed by atoms with Gasteiger partial charge in [0.2, 0.25) is 0 Å². The van der Waals surface area contributed by atoms with Gasteiger partial charge in [0.1, 0.15) is 24.1 Å². The van der Waals surface area contributed by atoms with Gasteiger partial charge in [-0.1, -0.05) is 47.7 Å². The third-order valence-electron chi connectivity index (χ3n) is 4.80. The Morgan fingerprint density at radius 3 is 2.68 bits per heavy atom. The molecule has 0 radical (unpaired) electrons. The van der Waals surface area contributed by atoms with E-state index in [2.05, 4.69) is 10.3 Å². The van der Waals surface area contributed by atoms with Gasteiger partial charge < -0.3 is 9.47 Å². The zero-order valence-electron chi connectivity index (χ0n) is 18.2.